The maximum atomic E-state index is 11.3. The first kappa shape index (κ1) is 9.85. The van der Waals surface area contributed by atoms with E-state index in [9.17, 15) is 4.79 Å². The van der Waals surface area contributed by atoms with Gasteiger partial charge in [0.25, 0.3) is 0 Å². The Labute approximate surface area is 78.2 Å². The van der Waals surface area contributed by atoms with Gasteiger partial charge in [-0.3, -0.25) is 4.79 Å². The topological polar surface area (TPSA) is 26.3 Å². The molecule has 0 aromatic carbocycles. The van der Waals surface area contributed by atoms with Crippen LogP contribution in [0.15, 0.2) is 0 Å². The summed E-state index contributed by atoms with van der Waals surface area (Å²) in [5.74, 6) is 0.864. The summed E-state index contributed by atoms with van der Waals surface area (Å²) in [6.07, 6.45) is 0.0342. The van der Waals surface area contributed by atoms with E-state index in [1.165, 1.54) is 0 Å². The van der Waals surface area contributed by atoms with Crippen LogP contribution in [0.1, 0.15) is 20.8 Å². The van der Waals surface area contributed by atoms with E-state index in [1.54, 1.807) is 0 Å². The fraction of sp³-hybridized carbons (Fsp3) is 0.889. The quantitative estimate of drug-likeness (QED) is 0.468. The van der Waals surface area contributed by atoms with Gasteiger partial charge in [-0.25, -0.2) is 0 Å². The molecule has 0 aromatic heterocycles. The van der Waals surface area contributed by atoms with Gasteiger partial charge in [0.2, 0.25) is 0 Å². The number of halogens is 1. The van der Waals surface area contributed by atoms with Gasteiger partial charge < -0.3 is 4.74 Å². The number of esters is 1. The van der Waals surface area contributed by atoms with E-state index >= 15 is 0 Å². The monoisotopic (exact) mass is 190 g/mol. The summed E-state index contributed by atoms with van der Waals surface area (Å²) in [7, 11) is 0. The Bertz CT molecular complexity index is 181. The lowest BCUT2D eigenvalue weighted by atomic mass is 9.80. The van der Waals surface area contributed by atoms with Crippen molar-refractivity contribution in [2.75, 3.05) is 5.88 Å². The van der Waals surface area contributed by atoms with Gasteiger partial charge in [0, 0.05) is 5.88 Å². The predicted octanol–water partition coefficient (Wildman–Crippen LogP) is 2.06. The molecule has 0 saturated carbocycles. The summed E-state index contributed by atoms with van der Waals surface area (Å²) in [6, 6.07) is 0. The lowest BCUT2D eigenvalue weighted by Gasteiger charge is -2.36. The van der Waals surface area contributed by atoms with Gasteiger partial charge in [0.15, 0.2) is 0 Å². The van der Waals surface area contributed by atoms with Gasteiger partial charge in [-0.1, -0.05) is 13.8 Å². The molecule has 0 N–H and O–H groups in total. The van der Waals surface area contributed by atoms with Crippen molar-refractivity contribution in [3.63, 3.8) is 0 Å². The van der Waals surface area contributed by atoms with Crippen LogP contribution in [0.25, 0.3) is 0 Å². The lowest BCUT2D eigenvalue weighted by Crippen LogP contribution is -2.42. The zero-order chi connectivity index (χ0) is 9.30. The average molecular weight is 191 g/mol. The second kappa shape index (κ2) is 3.65. The third-order valence-electron chi connectivity index (χ3n) is 2.98. The summed E-state index contributed by atoms with van der Waals surface area (Å²) >= 11 is 5.68. The van der Waals surface area contributed by atoms with Crippen LogP contribution in [0.3, 0.4) is 0 Å². The smallest absolute Gasteiger partial charge is 0.310 e. The molecule has 1 fully saturated rings. The van der Waals surface area contributed by atoms with Crippen molar-refractivity contribution >= 4 is 17.6 Å². The molecule has 1 saturated heterocycles. The van der Waals surface area contributed by atoms with Crippen molar-refractivity contribution in [2.45, 2.75) is 26.9 Å². The van der Waals surface area contributed by atoms with Gasteiger partial charge in [-0.15, -0.1) is 11.6 Å². The summed E-state index contributed by atoms with van der Waals surface area (Å²) in [5.41, 5.74) is 0. The van der Waals surface area contributed by atoms with E-state index in [0.717, 1.165) is 0 Å². The van der Waals surface area contributed by atoms with E-state index in [-0.39, 0.29) is 18.0 Å². The summed E-state index contributed by atoms with van der Waals surface area (Å²) in [4.78, 5) is 11.3. The van der Waals surface area contributed by atoms with E-state index in [4.69, 9.17) is 16.3 Å². The van der Waals surface area contributed by atoms with Crippen LogP contribution in [0, 0.1) is 17.8 Å². The number of carbonyl (C=O) groups is 1. The summed E-state index contributed by atoms with van der Waals surface area (Å²) in [5, 5.41) is 0. The number of rotatable bonds is 1. The van der Waals surface area contributed by atoms with Crippen LogP contribution in [-0.4, -0.2) is 18.0 Å². The molecule has 0 aliphatic carbocycles. The lowest BCUT2D eigenvalue weighted by molar-refractivity contribution is -0.167. The molecule has 70 valence electrons. The van der Waals surface area contributed by atoms with E-state index in [2.05, 4.69) is 13.8 Å². The first-order chi connectivity index (χ1) is 5.57. The SMILES string of the molecule is CC1OC(=O)C(CCl)[C@H](C)[C@@H]1C. The second-order valence-electron chi connectivity index (χ2n) is 3.62. The minimum atomic E-state index is -0.136. The van der Waals surface area contributed by atoms with Gasteiger partial charge in [-0.05, 0) is 18.8 Å². The standard InChI is InChI=1S/C9H15ClO2/c1-5-6(2)8(4-10)9(11)12-7(5)3/h5-8H,4H2,1-3H3/t5-,6+,7?,8?/m0/s1. The van der Waals surface area contributed by atoms with Crippen LogP contribution in [0.4, 0.5) is 0 Å². The number of hydrogen-bond donors (Lipinski definition) is 0. The van der Waals surface area contributed by atoms with E-state index < -0.39 is 0 Å². The predicted molar refractivity (Wildman–Crippen MR) is 48.1 cm³/mol. The van der Waals surface area contributed by atoms with Crippen molar-refractivity contribution in [3.8, 4) is 0 Å². The van der Waals surface area contributed by atoms with Gasteiger partial charge in [-0.2, -0.15) is 0 Å². The first-order valence-electron chi connectivity index (χ1n) is 4.34. The molecule has 1 heterocycles. The van der Waals surface area contributed by atoms with Crippen LogP contribution < -0.4 is 0 Å². The van der Waals surface area contributed by atoms with Gasteiger partial charge in [0.05, 0.1) is 5.92 Å². The summed E-state index contributed by atoms with van der Waals surface area (Å²) in [6.45, 7) is 6.10. The molecule has 0 amide bonds. The Morgan fingerprint density at radius 3 is 2.42 bits per heavy atom. The van der Waals surface area contributed by atoms with Crippen LogP contribution in [-0.2, 0) is 9.53 Å². The normalized spacial score (nSPS) is 42.5. The minimum Gasteiger partial charge on any atom is -0.462 e. The highest BCUT2D eigenvalue weighted by Crippen LogP contribution is 2.32. The largest absolute Gasteiger partial charge is 0.462 e. The Morgan fingerprint density at radius 1 is 1.33 bits per heavy atom. The van der Waals surface area contributed by atoms with Crippen molar-refractivity contribution in [3.05, 3.63) is 0 Å². The second-order valence-corrected chi connectivity index (χ2v) is 3.93. The molecular formula is C9H15ClO2. The van der Waals surface area contributed by atoms with Crippen LogP contribution >= 0.6 is 11.6 Å². The minimum absolute atomic E-state index is 0.0342. The number of hydrogen-bond acceptors (Lipinski definition) is 2. The third kappa shape index (κ3) is 1.58. The van der Waals surface area contributed by atoms with Crippen molar-refractivity contribution in [1.29, 1.82) is 0 Å². The van der Waals surface area contributed by atoms with Crippen molar-refractivity contribution < 1.29 is 9.53 Å². The van der Waals surface area contributed by atoms with Crippen molar-refractivity contribution in [2.24, 2.45) is 17.8 Å². The van der Waals surface area contributed by atoms with Gasteiger partial charge >= 0.3 is 5.97 Å². The summed E-state index contributed by atoms with van der Waals surface area (Å²) < 4.78 is 5.15. The number of alkyl halides is 1. The molecule has 0 aromatic rings. The molecule has 2 unspecified atom stereocenters. The highest BCUT2D eigenvalue weighted by atomic mass is 35.5. The number of carbonyl (C=O) groups excluding carboxylic acids is 1. The Kier molecular flexibility index (Phi) is 2.99. The third-order valence-corrected chi connectivity index (χ3v) is 3.31. The van der Waals surface area contributed by atoms with E-state index in [1.807, 2.05) is 6.92 Å². The molecule has 12 heavy (non-hydrogen) atoms. The molecule has 0 bridgehead atoms. The fourth-order valence-corrected chi connectivity index (χ4v) is 2.00. The Morgan fingerprint density at radius 2 is 1.92 bits per heavy atom. The zero-order valence-electron chi connectivity index (χ0n) is 7.71. The van der Waals surface area contributed by atoms with Crippen molar-refractivity contribution in [1.82, 2.24) is 0 Å². The highest BCUT2D eigenvalue weighted by molar-refractivity contribution is 6.19. The molecule has 1 rings (SSSR count). The molecule has 0 radical (unpaired) electrons. The van der Waals surface area contributed by atoms with Gasteiger partial charge in [0.1, 0.15) is 6.10 Å². The molecule has 0 spiro atoms. The average Bonchev–Trinajstić information content (AvgIpc) is 2.01. The number of ether oxygens (including phenoxy) is 1. The van der Waals surface area contributed by atoms with Crippen LogP contribution in [0.2, 0.25) is 0 Å². The molecule has 2 nitrogen and oxygen atoms in total. The maximum absolute atomic E-state index is 11.3. The zero-order valence-corrected chi connectivity index (χ0v) is 8.47. The molecule has 1 aliphatic heterocycles. The molecule has 3 heteroatoms. The highest BCUT2D eigenvalue weighted by Gasteiger charge is 2.38. The Balaban J connectivity index is 2.72. The molecule has 4 atom stereocenters. The maximum Gasteiger partial charge on any atom is 0.310 e. The first-order valence-corrected chi connectivity index (χ1v) is 4.87. The Hall–Kier alpha value is -0.240. The van der Waals surface area contributed by atoms with Crippen LogP contribution in [0.5, 0.6) is 0 Å². The molecule has 1 aliphatic rings. The number of cyclic esters (lactones) is 1. The fourth-order valence-electron chi connectivity index (χ4n) is 1.59. The van der Waals surface area contributed by atoms with E-state index in [0.29, 0.717) is 17.7 Å². The molecular weight excluding hydrogens is 176 g/mol.